The molecule has 0 bridgehead atoms. The van der Waals surface area contributed by atoms with Gasteiger partial charge >= 0.3 is 12.3 Å². The number of nitrogens with zero attached hydrogens (tertiary/aromatic N) is 2. The molecule has 2 fully saturated rings. The molecule has 0 atom stereocenters. The smallest absolute Gasteiger partial charge is 0.439 e. The zero-order chi connectivity index (χ0) is 19.5. The maximum atomic E-state index is 13.1. The van der Waals surface area contributed by atoms with Crippen LogP contribution in [0.5, 0.6) is 23.1 Å². The summed E-state index contributed by atoms with van der Waals surface area (Å²) in [6.45, 7) is 0. The van der Waals surface area contributed by atoms with Gasteiger partial charge in [-0.3, -0.25) is 4.79 Å². The van der Waals surface area contributed by atoms with E-state index in [1.165, 1.54) is 36.5 Å². The number of hydrogen-bond acceptors (Lipinski definition) is 6. The number of ether oxygens (including phenoxy) is 3. The Kier molecular flexibility index (Phi) is 3.31. The van der Waals surface area contributed by atoms with E-state index in [0.717, 1.165) is 11.3 Å². The maximum absolute atomic E-state index is 13.1. The molecular weight excluding hydrogens is 376 g/mol. The number of amides is 3. The summed E-state index contributed by atoms with van der Waals surface area (Å²) in [6.07, 6.45) is -0.222. The first-order valence-electron chi connectivity index (χ1n) is 8.56. The van der Waals surface area contributed by atoms with Crippen LogP contribution >= 0.6 is 0 Å². The van der Waals surface area contributed by atoms with Gasteiger partial charge in [0.15, 0.2) is 11.5 Å². The van der Waals surface area contributed by atoms with Gasteiger partial charge in [0.25, 0.3) is 5.91 Å². The van der Waals surface area contributed by atoms with Crippen molar-refractivity contribution < 1.29 is 32.6 Å². The lowest BCUT2D eigenvalue weighted by molar-refractivity contribution is -0.286. The molecule has 1 aromatic carbocycles. The normalized spacial score (nSPS) is 20.9. The summed E-state index contributed by atoms with van der Waals surface area (Å²) in [5.41, 5.74) is -0.493. The third-order valence-corrected chi connectivity index (χ3v) is 4.94. The topological polar surface area (TPSA) is 90.0 Å². The minimum Gasteiger partial charge on any atom is -0.439 e. The van der Waals surface area contributed by atoms with Crippen LogP contribution in [-0.2, 0) is 4.79 Å². The highest BCUT2D eigenvalue weighted by atomic mass is 19.3. The van der Waals surface area contributed by atoms with Crippen molar-refractivity contribution in [3.8, 4) is 23.1 Å². The van der Waals surface area contributed by atoms with Crippen LogP contribution in [0.4, 0.5) is 19.3 Å². The number of halogens is 2. The number of nitrogens with one attached hydrogen (secondary N) is 1. The second kappa shape index (κ2) is 5.54. The molecule has 2 aliphatic heterocycles. The van der Waals surface area contributed by atoms with Crippen LogP contribution in [-0.4, -0.2) is 28.8 Å². The van der Waals surface area contributed by atoms with Crippen molar-refractivity contribution in [2.24, 2.45) is 0 Å². The Balaban J connectivity index is 1.39. The molecule has 10 heteroatoms. The highest BCUT2D eigenvalue weighted by molar-refractivity contribution is 6.23. The minimum absolute atomic E-state index is 0.0817. The number of rotatable bonds is 3. The Labute approximate surface area is 157 Å². The van der Waals surface area contributed by atoms with Crippen LogP contribution < -0.4 is 24.4 Å². The molecule has 3 amide bonds. The van der Waals surface area contributed by atoms with Gasteiger partial charge < -0.3 is 19.5 Å². The van der Waals surface area contributed by atoms with E-state index in [9.17, 15) is 18.4 Å². The van der Waals surface area contributed by atoms with E-state index in [0.29, 0.717) is 18.5 Å². The first kappa shape index (κ1) is 16.7. The minimum atomic E-state index is -3.72. The van der Waals surface area contributed by atoms with E-state index in [1.807, 2.05) is 0 Å². The number of anilines is 1. The fraction of sp³-hybridized carbons (Fsp3) is 0.278. The lowest BCUT2D eigenvalue weighted by Gasteiger charge is -2.34. The van der Waals surface area contributed by atoms with Crippen LogP contribution in [0.3, 0.4) is 0 Å². The van der Waals surface area contributed by atoms with Crippen molar-refractivity contribution in [2.45, 2.75) is 31.1 Å². The first-order chi connectivity index (χ1) is 13.4. The highest BCUT2D eigenvalue weighted by Crippen LogP contribution is 2.43. The van der Waals surface area contributed by atoms with Crippen molar-refractivity contribution in [3.63, 3.8) is 0 Å². The fourth-order valence-electron chi connectivity index (χ4n) is 3.43. The third-order valence-electron chi connectivity index (χ3n) is 4.94. The summed E-state index contributed by atoms with van der Waals surface area (Å²) in [4.78, 5) is 30.0. The predicted molar refractivity (Wildman–Crippen MR) is 89.6 cm³/mol. The summed E-state index contributed by atoms with van der Waals surface area (Å²) in [5.74, 6) is -0.314. The van der Waals surface area contributed by atoms with Crippen molar-refractivity contribution in [2.75, 3.05) is 4.90 Å². The molecule has 3 aliphatic rings. The summed E-state index contributed by atoms with van der Waals surface area (Å²) in [7, 11) is 0. The molecule has 8 nitrogen and oxygen atoms in total. The molecule has 1 aromatic heterocycles. The average Bonchev–Trinajstić information content (AvgIpc) is 3.06. The van der Waals surface area contributed by atoms with Gasteiger partial charge in [-0.15, -0.1) is 8.78 Å². The van der Waals surface area contributed by atoms with E-state index in [1.54, 1.807) is 0 Å². The number of carbonyl (C=O) groups is 2. The molecule has 144 valence electrons. The predicted octanol–water partition coefficient (Wildman–Crippen LogP) is 3.17. The monoisotopic (exact) mass is 389 g/mol. The van der Waals surface area contributed by atoms with E-state index >= 15 is 0 Å². The zero-order valence-electron chi connectivity index (χ0n) is 14.3. The zero-order valence-corrected chi connectivity index (χ0v) is 14.3. The van der Waals surface area contributed by atoms with E-state index in [4.69, 9.17) is 4.74 Å². The van der Waals surface area contributed by atoms with Gasteiger partial charge in [0.2, 0.25) is 5.88 Å². The molecule has 1 saturated carbocycles. The van der Waals surface area contributed by atoms with Gasteiger partial charge in [0.1, 0.15) is 11.3 Å². The molecule has 1 aliphatic carbocycles. The average molecular weight is 389 g/mol. The van der Waals surface area contributed by atoms with Gasteiger partial charge in [-0.05, 0) is 37.5 Å². The van der Waals surface area contributed by atoms with Crippen molar-refractivity contribution in [1.82, 2.24) is 10.3 Å². The molecule has 1 saturated heterocycles. The van der Waals surface area contributed by atoms with Gasteiger partial charge in [-0.25, -0.2) is 14.7 Å². The lowest BCUT2D eigenvalue weighted by atomic mass is 9.77. The summed E-state index contributed by atoms with van der Waals surface area (Å²) >= 11 is 0. The second-order valence-corrected chi connectivity index (χ2v) is 6.74. The van der Waals surface area contributed by atoms with Crippen molar-refractivity contribution in [1.29, 1.82) is 0 Å². The number of aromatic nitrogens is 1. The number of pyridine rings is 1. The molecule has 28 heavy (non-hydrogen) atoms. The van der Waals surface area contributed by atoms with Crippen LogP contribution in [0.2, 0.25) is 0 Å². The number of urea groups is 1. The molecule has 3 heterocycles. The Morgan fingerprint density at radius 3 is 2.61 bits per heavy atom. The van der Waals surface area contributed by atoms with Gasteiger partial charge in [0, 0.05) is 18.3 Å². The number of carbonyl (C=O) groups excluding carboxylic acids is 2. The Hall–Kier alpha value is -3.43. The number of alkyl halides is 2. The van der Waals surface area contributed by atoms with Crippen LogP contribution in [0, 0.1) is 0 Å². The summed E-state index contributed by atoms with van der Waals surface area (Å²) in [6, 6.07) is 6.38. The SMILES string of the molecule is O=C1NC2(CCC2)C(=O)N1c1ccnc(Oc2ccc3c(c2)OC(F)(F)O3)c1. The Bertz CT molecular complexity index is 1010. The van der Waals surface area contributed by atoms with Crippen LogP contribution in [0.1, 0.15) is 19.3 Å². The molecule has 5 rings (SSSR count). The molecular formula is C18H13F2N3O5. The fourth-order valence-corrected chi connectivity index (χ4v) is 3.43. The van der Waals surface area contributed by atoms with E-state index < -0.39 is 17.9 Å². The number of hydrogen-bond donors (Lipinski definition) is 1. The molecule has 0 unspecified atom stereocenters. The summed E-state index contributed by atoms with van der Waals surface area (Å²) in [5, 5.41) is 2.74. The van der Waals surface area contributed by atoms with Gasteiger partial charge in [-0.1, -0.05) is 0 Å². The summed E-state index contributed by atoms with van der Waals surface area (Å²) < 4.78 is 40.5. The first-order valence-corrected chi connectivity index (χ1v) is 8.56. The Morgan fingerprint density at radius 1 is 1.11 bits per heavy atom. The molecule has 1 N–H and O–H groups in total. The quantitative estimate of drug-likeness (QED) is 0.811. The Morgan fingerprint density at radius 2 is 1.89 bits per heavy atom. The lowest BCUT2D eigenvalue weighted by Crippen LogP contribution is -2.52. The largest absolute Gasteiger partial charge is 0.586 e. The number of fused-ring (bicyclic) bond motifs is 1. The standard InChI is InChI=1S/C18H13F2N3O5/c19-18(20)27-12-3-2-11(9-13(12)28-18)26-14-8-10(4-7-21-14)23-15(24)17(5-1-6-17)22-16(23)25/h2-4,7-9H,1,5-6H2,(H,22,25). The second-order valence-electron chi connectivity index (χ2n) is 6.74. The van der Waals surface area contributed by atoms with Crippen LogP contribution in [0.25, 0.3) is 0 Å². The number of benzene rings is 1. The van der Waals surface area contributed by atoms with E-state index in [2.05, 4.69) is 19.8 Å². The van der Waals surface area contributed by atoms with E-state index in [-0.39, 0.29) is 29.0 Å². The van der Waals surface area contributed by atoms with Crippen LogP contribution in [0.15, 0.2) is 36.5 Å². The van der Waals surface area contributed by atoms with Crippen molar-refractivity contribution >= 4 is 17.6 Å². The third kappa shape index (κ3) is 2.52. The molecule has 0 radical (unpaired) electrons. The highest BCUT2D eigenvalue weighted by Gasteiger charge is 2.55. The molecule has 1 spiro atoms. The molecule has 2 aromatic rings. The van der Waals surface area contributed by atoms with Gasteiger partial charge in [0.05, 0.1) is 5.69 Å². The number of imide groups is 1. The van der Waals surface area contributed by atoms with Crippen molar-refractivity contribution in [3.05, 3.63) is 36.5 Å². The maximum Gasteiger partial charge on any atom is 0.586 e. The van der Waals surface area contributed by atoms with Gasteiger partial charge in [-0.2, -0.15) is 0 Å².